The molecule has 0 aromatic rings. The molecule has 284 valence electrons. The third-order valence-corrected chi connectivity index (χ3v) is 12.7. The lowest BCUT2D eigenvalue weighted by molar-refractivity contribution is -0.144. The maximum absolute atomic E-state index is 14.4. The second kappa shape index (κ2) is 17.8. The van der Waals surface area contributed by atoms with Crippen LogP contribution in [0.3, 0.4) is 0 Å². The molecule has 14 heteroatoms. The van der Waals surface area contributed by atoms with Gasteiger partial charge >= 0.3 is 6.03 Å². The van der Waals surface area contributed by atoms with Gasteiger partial charge in [0.1, 0.15) is 12.1 Å². The zero-order chi connectivity index (χ0) is 38.1. The third kappa shape index (κ3) is 11.4. The van der Waals surface area contributed by atoms with E-state index in [2.05, 4.69) is 27.2 Å². The van der Waals surface area contributed by atoms with Crippen molar-refractivity contribution < 1.29 is 37.1 Å². The predicted octanol–water partition coefficient (Wildman–Crippen LogP) is 2.72. The summed E-state index contributed by atoms with van der Waals surface area (Å²) >= 11 is 0. The number of urea groups is 1. The topological polar surface area (TPSA) is 180 Å². The average molecular weight is 724 g/mol. The Hall–Kier alpha value is -3.18. The number of sulfone groups is 1. The van der Waals surface area contributed by atoms with Crippen molar-refractivity contribution in [1.29, 1.82) is 0 Å². The molecule has 1 saturated heterocycles. The van der Waals surface area contributed by atoms with Crippen molar-refractivity contribution in [2.45, 2.75) is 135 Å². The van der Waals surface area contributed by atoms with Gasteiger partial charge in [0, 0.05) is 26.6 Å². The number of nitrogens with one attached hydrogen (secondary N) is 4. The van der Waals surface area contributed by atoms with Gasteiger partial charge in [-0.3, -0.25) is 19.2 Å². The van der Waals surface area contributed by atoms with Crippen LogP contribution >= 0.6 is 0 Å². The highest BCUT2D eigenvalue weighted by Crippen LogP contribution is 2.35. The number of hydrogen-bond acceptors (Lipinski definition) is 8. The van der Waals surface area contributed by atoms with E-state index >= 15 is 0 Å². The third-order valence-electron chi connectivity index (χ3n) is 9.86. The fourth-order valence-electron chi connectivity index (χ4n) is 6.70. The molecule has 1 heterocycles. The summed E-state index contributed by atoms with van der Waals surface area (Å²) < 4.78 is 30.5. The molecule has 2 aliphatic rings. The largest absolute Gasteiger partial charge is 0.383 e. The van der Waals surface area contributed by atoms with E-state index in [1.807, 2.05) is 13.8 Å². The maximum Gasteiger partial charge on any atom is 0.315 e. The lowest BCUT2D eigenvalue weighted by Crippen LogP contribution is -2.64. The van der Waals surface area contributed by atoms with Gasteiger partial charge in [0.25, 0.3) is 5.91 Å². The minimum Gasteiger partial charge on any atom is -0.383 e. The van der Waals surface area contributed by atoms with Crippen LogP contribution in [0.1, 0.15) is 107 Å². The van der Waals surface area contributed by atoms with Crippen LogP contribution in [-0.4, -0.2) is 104 Å². The van der Waals surface area contributed by atoms with E-state index in [1.54, 1.807) is 41.5 Å². The van der Waals surface area contributed by atoms with Crippen molar-refractivity contribution in [3.63, 3.8) is 0 Å². The summed E-state index contributed by atoms with van der Waals surface area (Å²) in [5.74, 6) is -0.824. The quantitative estimate of drug-likeness (QED) is 0.113. The van der Waals surface area contributed by atoms with Crippen LogP contribution in [0, 0.1) is 29.6 Å². The van der Waals surface area contributed by atoms with Crippen molar-refractivity contribution in [2.24, 2.45) is 17.3 Å². The zero-order valence-electron chi connectivity index (χ0n) is 31.6. The SMILES string of the molecule is C#CCCC(NC(=O)[C@@H]1C(C(C)C)CCN1C(=O)[C@@H](NC(=O)NC1(CS(=O)(=O)C(C)(C)C)CCCCC1)C(C)(C)C)C(=O)C(=O)NCCOC. The minimum absolute atomic E-state index is 0.0129. The number of hydrogen-bond donors (Lipinski definition) is 4. The van der Waals surface area contributed by atoms with Gasteiger partial charge in [0.05, 0.1) is 28.7 Å². The summed E-state index contributed by atoms with van der Waals surface area (Å²) in [4.78, 5) is 69.4. The molecule has 5 amide bonds. The summed E-state index contributed by atoms with van der Waals surface area (Å²) in [7, 11) is -2.12. The number of rotatable bonds is 15. The number of nitrogens with zero attached hydrogens (tertiary/aromatic N) is 1. The number of Topliss-reactive ketones (excluding diaryl/α,β-unsaturated/α-hetero) is 1. The monoisotopic (exact) mass is 723 g/mol. The molecule has 1 saturated carbocycles. The summed E-state index contributed by atoms with van der Waals surface area (Å²) in [6.07, 6.45) is 9.59. The van der Waals surface area contributed by atoms with Gasteiger partial charge in [-0.15, -0.1) is 12.3 Å². The molecule has 2 rings (SSSR count). The minimum atomic E-state index is -3.58. The van der Waals surface area contributed by atoms with Gasteiger partial charge in [-0.1, -0.05) is 53.9 Å². The summed E-state index contributed by atoms with van der Waals surface area (Å²) in [5, 5.41) is 11.0. The van der Waals surface area contributed by atoms with Crippen LogP contribution < -0.4 is 21.3 Å². The van der Waals surface area contributed by atoms with Crippen LogP contribution in [0.25, 0.3) is 0 Å². The molecular formula is C36H61N5O8S. The summed E-state index contributed by atoms with van der Waals surface area (Å²) in [6.45, 7) is 14.8. The van der Waals surface area contributed by atoms with Gasteiger partial charge in [0.15, 0.2) is 9.84 Å². The van der Waals surface area contributed by atoms with Crippen molar-refractivity contribution >= 4 is 39.4 Å². The average Bonchev–Trinajstić information content (AvgIpc) is 3.46. The second-order valence-corrected chi connectivity index (χ2v) is 18.9. The van der Waals surface area contributed by atoms with Crippen LogP contribution in [0.15, 0.2) is 0 Å². The van der Waals surface area contributed by atoms with Gasteiger partial charge < -0.3 is 30.9 Å². The van der Waals surface area contributed by atoms with E-state index in [-0.39, 0.29) is 50.1 Å². The highest BCUT2D eigenvalue weighted by Gasteiger charge is 2.48. The molecule has 0 bridgehead atoms. The first-order chi connectivity index (χ1) is 23.1. The second-order valence-electron chi connectivity index (χ2n) is 16.2. The molecule has 0 aromatic carbocycles. The number of carbonyl (C=O) groups is 5. The Balaban J connectivity index is 2.37. The standard InChI is InChI=1S/C36H61N5O8S/c1-11-12-16-26(28(42)31(44)37-20-22-49-10)38-30(43)27-25(24(2)3)17-21-41(27)32(45)29(34(4,5)6)39-33(46)40-36(18-14-13-15-19-36)23-50(47,48)35(7,8)9/h1,24-27,29H,12-23H2,2-10H3,(H,37,44)(H,38,43)(H2,39,40,46)/t25?,26?,27-,29+/m0/s1. The predicted molar refractivity (Wildman–Crippen MR) is 193 cm³/mol. The van der Waals surface area contributed by atoms with Crippen molar-refractivity contribution in [2.75, 3.05) is 32.6 Å². The number of methoxy groups -OCH3 is 1. The van der Waals surface area contributed by atoms with E-state index in [4.69, 9.17) is 11.2 Å². The lowest BCUT2D eigenvalue weighted by atomic mass is 9.83. The summed E-state index contributed by atoms with van der Waals surface area (Å²) in [6, 6.07) is -3.90. The molecule has 50 heavy (non-hydrogen) atoms. The molecular weight excluding hydrogens is 662 g/mol. The van der Waals surface area contributed by atoms with Gasteiger partial charge in [-0.2, -0.15) is 0 Å². The smallest absolute Gasteiger partial charge is 0.315 e. The molecule has 2 fully saturated rings. The van der Waals surface area contributed by atoms with E-state index < -0.39 is 73.2 Å². The number of amides is 5. The first-order valence-electron chi connectivity index (χ1n) is 17.8. The Morgan fingerprint density at radius 2 is 1.62 bits per heavy atom. The molecule has 4 N–H and O–H groups in total. The Bertz CT molecular complexity index is 1370. The van der Waals surface area contributed by atoms with Gasteiger partial charge in [-0.25, -0.2) is 13.2 Å². The zero-order valence-corrected chi connectivity index (χ0v) is 32.4. The molecule has 4 atom stereocenters. The van der Waals surface area contributed by atoms with Crippen LogP contribution in [0.4, 0.5) is 4.79 Å². The van der Waals surface area contributed by atoms with Gasteiger partial charge in [0.2, 0.25) is 17.6 Å². The first kappa shape index (κ1) is 43.0. The molecule has 1 aliphatic carbocycles. The van der Waals surface area contributed by atoms with Gasteiger partial charge in [-0.05, 0) is 63.7 Å². The Morgan fingerprint density at radius 3 is 2.14 bits per heavy atom. The van der Waals surface area contributed by atoms with Crippen LogP contribution in [0.5, 0.6) is 0 Å². The Morgan fingerprint density at radius 1 is 1.00 bits per heavy atom. The molecule has 1 aliphatic heterocycles. The normalized spacial score (nSPS) is 20.7. The highest BCUT2D eigenvalue weighted by atomic mass is 32.2. The molecule has 0 aromatic heterocycles. The fraction of sp³-hybridized carbons (Fsp3) is 0.806. The van der Waals surface area contributed by atoms with E-state index in [1.165, 1.54) is 12.0 Å². The van der Waals surface area contributed by atoms with E-state index in [0.29, 0.717) is 19.3 Å². The van der Waals surface area contributed by atoms with Crippen molar-refractivity contribution in [3.05, 3.63) is 0 Å². The Labute approximate surface area is 299 Å². The number of ether oxygens (including phenoxy) is 1. The Kier molecular flexibility index (Phi) is 15.3. The fourth-order valence-corrected chi connectivity index (χ4v) is 8.22. The van der Waals surface area contributed by atoms with Crippen molar-refractivity contribution in [1.82, 2.24) is 26.2 Å². The molecule has 2 unspecified atom stereocenters. The molecule has 13 nitrogen and oxygen atoms in total. The van der Waals surface area contributed by atoms with Crippen LogP contribution in [-0.2, 0) is 33.8 Å². The number of carbonyl (C=O) groups excluding carboxylic acids is 5. The number of ketones is 1. The molecule has 0 radical (unpaired) electrons. The maximum atomic E-state index is 14.4. The van der Waals surface area contributed by atoms with Crippen molar-refractivity contribution in [3.8, 4) is 12.3 Å². The number of terminal acetylenes is 1. The van der Waals surface area contributed by atoms with E-state index in [0.717, 1.165) is 19.3 Å². The molecule has 0 spiro atoms. The number of likely N-dealkylation sites (tertiary alicyclic amines) is 1. The first-order valence-corrected chi connectivity index (χ1v) is 19.4. The van der Waals surface area contributed by atoms with Crippen LogP contribution in [0.2, 0.25) is 0 Å². The lowest BCUT2D eigenvalue weighted by Gasteiger charge is -2.41. The van der Waals surface area contributed by atoms with E-state index in [9.17, 15) is 32.4 Å². The summed E-state index contributed by atoms with van der Waals surface area (Å²) in [5.41, 5.74) is -1.78. The highest BCUT2D eigenvalue weighted by molar-refractivity contribution is 7.92.